The third kappa shape index (κ3) is 3.09. The molecule has 0 N–H and O–H groups in total. The van der Waals surface area contributed by atoms with E-state index in [0.29, 0.717) is 6.61 Å². The zero-order chi connectivity index (χ0) is 10.4. The fourth-order valence-electron chi connectivity index (χ4n) is 1.10. The second-order valence-corrected chi connectivity index (χ2v) is 2.82. The Morgan fingerprint density at radius 1 is 1.36 bits per heavy atom. The van der Waals surface area contributed by atoms with Crippen LogP contribution in [0.5, 0.6) is 5.75 Å². The third-order valence-corrected chi connectivity index (χ3v) is 1.70. The van der Waals surface area contributed by atoms with Gasteiger partial charge in [0.05, 0.1) is 6.61 Å². The van der Waals surface area contributed by atoms with E-state index in [1.54, 1.807) is 0 Å². The maximum Gasteiger partial charge on any atom is 0.302 e. The number of para-hydroxylation sites is 1. The summed E-state index contributed by atoms with van der Waals surface area (Å²) in [5.41, 5.74) is 0.893. The van der Waals surface area contributed by atoms with Crippen LogP contribution in [-0.2, 0) is 16.1 Å². The molecule has 1 aromatic carbocycles. The van der Waals surface area contributed by atoms with Gasteiger partial charge in [-0.3, -0.25) is 4.79 Å². The molecule has 0 atom stereocenters. The second-order valence-electron chi connectivity index (χ2n) is 2.82. The van der Waals surface area contributed by atoms with Gasteiger partial charge in [0.25, 0.3) is 0 Å². The first-order chi connectivity index (χ1) is 6.74. The number of rotatable bonds is 4. The second kappa shape index (κ2) is 5.27. The largest absolute Gasteiger partial charge is 0.493 e. The van der Waals surface area contributed by atoms with E-state index in [4.69, 9.17) is 9.47 Å². The van der Waals surface area contributed by atoms with Crippen molar-refractivity contribution >= 4 is 5.97 Å². The van der Waals surface area contributed by atoms with Crippen LogP contribution >= 0.6 is 0 Å². The van der Waals surface area contributed by atoms with Crippen molar-refractivity contribution in [3.63, 3.8) is 0 Å². The minimum atomic E-state index is -0.281. The van der Waals surface area contributed by atoms with Gasteiger partial charge >= 0.3 is 5.97 Å². The molecule has 3 nitrogen and oxygen atoms in total. The van der Waals surface area contributed by atoms with Crippen molar-refractivity contribution < 1.29 is 14.3 Å². The molecule has 14 heavy (non-hydrogen) atoms. The van der Waals surface area contributed by atoms with Gasteiger partial charge in [0.15, 0.2) is 0 Å². The highest BCUT2D eigenvalue weighted by Crippen LogP contribution is 2.18. The molecule has 3 heteroatoms. The van der Waals surface area contributed by atoms with Crippen LogP contribution < -0.4 is 4.74 Å². The van der Waals surface area contributed by atoms with Gasteiger partial charge in [0.1, 0.15) is 12.4 Å². The number of benzene rings is 1. The molecule has 0 saturated carbocycles. The monoisotopic (exact) mass is 194 g/mol. The lowest BCUT2D eigenvalue weighted by molar-refractivity contribution is -0.142. The average molecular weight is 194 g/mol. The first kappa shape index (κ1) is 10.6. The van der Waals surface area contributed by atoms with E-state index < -0.39 is 0 Å². The average Bonchev–Trinajstić information content (AvgIpc) is 2.17. The summed E-state index contributed by atoms with van der Waals surface area (Å²) in [5.74, 6) is 0.493. The van der Waals surface area contributed by atoms with Crippen molar-refractivity contribution in [2.75, 3.05) is 6.61 Å². The molecule has 0 saturated heterocycles. The van der Waals surface area contributed by atoms with Gasteiger partial charge in [-0.15, -0.1) is 0 Å². The van der Waals surface area contributed by atoms with Gasteiger partial charge in [0, 0.05) is 12.5 Å². The third-order valence-electron chi connectivity index (χ3n) is 1.70. The Labute approximate surface area is 83.6 Å². The molecule has 0 unspecified atom stereocenters. The van der Waals surface area contributed by atoms with Crippen molar-refractivity contribution in [3.8, 4) is 5.75 Å². The van der Waals surface area contributed by atoms with Crippen molar-refractivity contribution in [1.29, 1.82) is 0 Å². The van der Waals surface area contributed by atoms with Crippen molar-refractivity contribution in [3.05, 3.63) is 29.8 Å². The van der Waals surface area contributed by atoms with Gasteiger partial charge in [-0.1, -0.05) is 18.2 Å². The van der Waals surface area contributed by atoms with Gasteiger partial charge in [0.2, 0.25) is 0 Å². The van der Waals surface area contributed by atoms with Gasteiger partial charge in [-0.05, 0) is 13.0 Å². The highest BCUT2D eigenvalue weighted by molar-refractivity contribution is 5.66. The molecule has 0 bridgehead atoms. The Morgan fingerprint density at radius 3 is 2.71 bits per heavy atom. The van der Waals surface area contributed by atoms with E-state index in [1.807, 2.05) is 31.2 Å². The number of ether oxygens (including phenoxy) is 2. The summed E-state index contributed by atoms with van der Waals surface area (Å²) < 4.78 is 10.3. The SMILES string of the molecule is CCOc1ccccc1COC(C)=O. The highest BCUT2D eigenvalue weighted by Gasteiger charge is 2.03. The highest BCUT2D eigenvalue weighted by atomic mass is 16.5. The summed E-state index contributed by atoms with van der Waals surface area (Å²) in [6.45, 7) is 4.19. The van der Waals surface area contributed by atoms with E-state index >= 15 is 0 Å². The van der Waals surface area contributed by atoms with Crippen molar-refractivity contribution in [2.24, 2.45) is 0 Å². The first-order valence-electron chi connectivity index (χ1n) is 4.58. The topological polar surface area (TPSA) is 35.5 Å². The van der Waals surface area contributed by atoms with E-state index in [2.05, 4.69) is 0 Å². The minimum absolute atomic E-state index is 0.269. The molecule has 0 heterocycles. The van der Waals surface area contributed by atoms with E-state index in [1.165, 1.54) is 6.92 Å². The summed E-state index contributed by atoms with van der Waals surface area (Å²) in [4.78, 5) is 10.6. The number of carbonyl (C=O) groups is 1. The molecule has 1 aromatic rings. The van der Waals surface area contributed by atoms with Gasteiger partial charge in [-0.2, -0.15) is 0 Å². The fourth-order valence-corrected chi connectivity index (χ4v) is 1.10. The molecule has 0 aliphatic carbocycles. The Bertz CT molecular complexity index is 307. The standard InChI is InChI=1S/C11H14O3/c1-3-13-11-7-5-4-6-10(11)8-14-9(2)12/h4-7H,3,8H2,1-2H3. The summed E-state index contributed by atoms with van der Waals surface area (Å²) in [5, 5.41) is 0. The number of esters is 1. The molecule has 0 aromatic heterocycles. The van der Waals surface area contributed by atoms with Crippen molar-refractivity contribution in [2.45, 2.75) is 20.5 Å². The van der Waals surface area contributed by atoms with Gasteiger partial charge < -0.3 is 9.47 Å². The lowest BCUT2D eigenvalue weighted by atomic mass is 10.2. The molecular formula is C11H14O3. The quantitative estimate of drug-likeness (QED) is 0.689. The molecule has 0 aliphatic heterocycles. The Balaban J connectivity index is 2.68. The Hall–Kier alpha value is -1.51. The number of carbonyl (C=O) groups excluding carboxylic acids is 1. The van der Waals surface area contributed by atoms with Crippen LogP contribution in [0.15, 0.2) is 24.3 Å². The van der Waals surface area contributed by atoms with E-state index in [-0.39, 0.29) is 12.6 Å². The van der Waals surface area contributed by atoms with Crippen LogP contribution in [0.1, 0.15) is 19.4 Å². The summed E-state index contributed by atoms with van der Waals surface area (Å²) in [7, 11) is 0. The molecule has 1 rings (SSSR count). The Morgan fingerprint density at radius 2 is 2.07 bits per heavy atom. The zero-order valence-electron chi connectivity index (χ0n) is 8.45. The van der Waals surface area contributed by atoms with Gasteiger partial charge in [-0.25, -0.2) is 0 Å². The lowest BCUT2D eigenvalue weighted by Gasteiger charge is -2.09. The predicted octanol–water partition coefficient (Wildman–Crippen LogP) is 2.15. The van der Waals surface area contributed by atoms with Crippen LogP contribution in [0.4, 0.5) is 0 Å². The molecule has 0 spiro atoms. The van der Waals surface area contributed by atoms with Crippen LogP contribution in [0.3, 0.4) is 0 Å². The summed E-state index contributed by atoms with van der Waals surface area (Å²) >= 11 is 0. The first-order valence-corrected chi connectivity index (χ1v) is 4.58. The smallest absolute Gasteiger partial charge is 0.302 e. The van der Waals surface area contributed by atoms with Crippen LogP contribution in [0.2, 0.25) is 0 Å². The van der Waals surface area contributed by atoms with Crippen LogP contribution in [-0.4, -0.2) is 12.6 Å². The van der Waals surface area contributed by atoms with Crippen LogP contribution in [0.25, 0.3) is 0 Å². The molecule has 0 aliphatic rings. The summed E-state index contributed by atoms with van der Waals surface area (Å²) in [6, 6.07) is 7.53. The van der Waals surface area contributed by atoms with Crippen molar-refractivity contribution in [1.82, 2.24) is 0 Å². The molecule has 76 valence electrons. The normalized spacial score (nSPS) is 9.57. The number of hydrogen-bond acceptors (Lipinski definition) is 3. The maximum atomic E-state index is 10.6. The maximum absolute atomic E-state index is 10.6. The van der Waals surface area contributed by atoms with E-state index in [0.717, 1.165) is 11.3 Å². The number of hydrogen-bond donors (Lipinski definition) is 0. The van der Waals surface area contributed by atoms with E-state index in [9.17, 15) is 4.79 Å². The Kier molecular flexibility index (Phi) is 3.98. The predicted molar refractivity (Wildman–Crippen MR) is 53.1 cm³/mol. The zero-order valence-corrected chi connectivity index (χ0v) is 8.45. The summed E-state index contributed by atoms with van der Waals surface area (Å²) in [6.07, 6.45) is 0. The molecule has 0 amide bonds. The van der Waals surface area contributed by atoms with Crippen LogP contribution in [0, 0.1) is 0 Å². The minimum Gasteiger partial charge on any atom is -0.493 e. The molecular weight excluding hydrogens is 180 g/mol. The lowest BCUT2D eigenvalue weighted by Crippen LogP contribution is -2.02. The molecule has 0 radical (unpaired) electrons. The molecule has 0 fully saturated rings. The fraction of sp³-hybridized carbons (Fsp3) is 0.364.